The predicted octanol–water partition coefficient (Wildman–Crippen LogP) is 6.84. The number of benzene rings is 2. The van der Waals surface area contributed by atoms with Crippen molar-refractivity contribution in [3.8, 4) is 0 Å². The van der Waals surface area contributed by atoms with Crippen LogP contribution in [0.15, 0.2) is 48.5 Å². The minimum absolute atomic E-state index is 0.0500. The van der Waals surface area contributed by atoms with Gasteiger partial charge in [-0.3, -0.25) is 4.79 Å². The van der Waals surface area contributed by atoms with E-state index in [0.29, 0.717) is 13.0 Å². The van der Waals surface area contributed by atoms with Crippen LogP contribution in [0.25, 0.3) is 11.0 Å². The number of aryl methyl sites for hydroxylation is 1. The normalized spacial score (nSPS) is 16.4. The van der Waals surface area contributed by atoms with Crippen LogP contribution in [0.3, 0.4) is 0 Å². The van der Waals surface area contributed by atoms with E-state index < -0.39 is 0 Å². The molecule has 0 aliphatic carbocycles. The molecule has 1 aromatic heterocycles. The molecule has 5 heteroatoms. The zero-order valence-corrected chi connectivity index (χ0v) is 19.1. The number of rotatable bonds is 11. The molecule has 170 valence electrons. The van der Waals surface area contributed by atoms with Crippen molar-refractivity contribution in [2.24, 2.45) is 0 Å². The standard InChI is InChI=1S/C27H34FN3O/c1-2-3-4-5-6-7-8-11-18-30-25-13-10-9-12-24(25)29-27(30)21-19-26(32)31(20-21)23-16-14-22(28)15-17-23/h9-10,12-17,21H,2-8,11,18-20H2,1H3. The first-order valence-corrected chi connectivity index (χ1v) is 12.2. The molecule has 0 N–H and O–H groups in total. The molecule has 2 aromatic carbocycles. The highest BCUT2D eigenvalue weighted by Crippen LogP contribution is 2.33. The number of carbonyl (C=O) groups excluding carboxylic acids is 1. The van der Waals surface area contributed by atoms with Gasteiger partial charge in [-0.05, 0) is 42.8 Å². The number of anilines is 1. The smallest absolute Gasteiger partial charge is 0.227 e. The summed E-state index contributed by atoms with van der Waals surface area (Å²) >= 11 is 0. The minimum Gasteiger partial charge on any atom is -0.328 e. The Morgan fingerprint density at radius 2 is 1.62 bits per heavy atom. The first-order chi connectivity index (χ1) is 15.7. The number of fused-ring (bicyclic) bond motifs is 1. The Labute approximate surface area is 190 Å². The van der Waals surface area contributed by atoms with E-state index >= 15 is 0 Å². The van der Waals surface area contributed by atoms with E-state index in [4.69, 9.17) is 4.98 Å². The van der Waals surface area contributed by atoms with E-state index in [9.17, 15) is 9.18 Å². The van der Waals surface area contributed by atoms with Gasteiger partial charge < -0.3 is 9.47 Å². The topological polar surface area (TPSA) is 38.1 Å². The maximum Gasteiger partial charge on any atom is 0.227 e. The van der Waals surface area contributed by atoms with Crippen LogP contribution in [0.4, 0.5) is 10.1 Å². The van der Waals surface area contributed by atoms with Crippen molar-refractivity contribution in [2.75, 3.05) is 11.4 Å². The molecular weight excluding hydrogens is 401 g/mol. The number of unbranched alkanes of at least 4 members (excludes halogenated alkanes) is 7. The highest BCUT2D eigenvalue weighted by Gasteiger charge is 2.34. The average Bonchev–Trinajstić information content (AvgIpc) is 3.37. The number of carbonyl (C=O) groups is 1. The van der Waals surface area contributed by atoms with Gasteiger partial charge >= 0.3 is 0 Å². The third-order valence-corrected chi connectivity index (χ3v) is 6.55. The Hall–Kier alpha value is -2.69. The van der Waals surface area contributed by atoms with E-state index in [0.717, 1.165) is 35.5 Å². The Balaban J connectivity index is 1.44. The highest BCUT2D eigenvalue weighted by molar-refractivity contribution is 5.96. The van der Waals surface area contributed by atoms with Gasteiger partial charge in [-0.2, -0.15) is 0 Å². The lowest BCUT2D eigenvalue weighted by Crippen LogP contribution is -2.24. The molecule has 1 fully saturated rings. The molecule has 2 heterocycles. The van der Waals surface area contributed by atoms with Gasteiger partial charge in [0, 0.05) is 31.1 Å². The van der Waals surface area contributed by atoms with E-state index in [1.807, 2.05) is 6.07 Å². The van der Waals surface area contributed by atoms with Gasteiger partial charge in [-0.15, -0.1) is 0 Å². The number of nitrogens with zero attached hydrogens (tertiary/aromatic N) is 3. The summed E-state index contributed by atoms with van der Waals surface area (Å²) < 4.78 is 15.6. The van der Waals surface area contributed by atoms with Crippen molar-refractivity contribution in [1.82, 2.24) is 9.55 Å². The molecule has 1 amide bonds. The molecule has 1 atom stereocenters. The van der Waals surface area contributed by atoms with Crippen LogP contribution in [0.2, 0.25) is 0 Å². The maximum atomic E-state index is 13.3. The fraction of sp³-hybridized carbons (Fsp3) is 0.481. The van der Waals surface area contributed by atoms with Gasteiger partial charge in [0.15, 0.2) is 0 Å². The molecular formula is C27H34FN3O. The average molecular weight is 436 g/mol. The second-order valence-corrected chi connectivity index (χ2v) is 8.97. The molecule has 0 bridgehead atoms. The lowest BCUT2D eigenvalue weighted by Gasteiger charge is -2.17. The van der Waals surface area contributed by atoms with Gasteiger partial charge in [0.25, 0.3) is 0 Å². The third kappa shape index (κ3) is 5.20. The third-order valence-electron chi connectivity index (χ3n) is 6.55. The molecule has 32 heavy (non-hydrogen) atoms. The Kier molecular flexibility index (Phi) is 7.56. The summed E-state index contributed by atoms with van der Waals surface area (Å²) in [5.74, 6) is 0.845. The number of hydrogen-bond donors (Lipinski definition) is 0. The Morgan fingerprint density at radius 1 is 0.938 bits per heavy atom. The van der Waals surface area contributed by atoms with Gasteiger partial charge in [0.1, 0.15) is 11.6 Å². The molecule has 0 spiro atoms. The molecule has 3 aromatic rings. The molecule has 0 radical (unpaired) electrons. The first-order valence-electron chi connectivity index (χ1n) is 12.2. The first kappa shape index (κ1) is 22.5. The lowest BCUT2D eigenvalue weighted by molar-refractivity contribution is -0.117. The van der Waals surface area contributed by atoms with E-state index in [-0.39, 0.29) is 17.6 Å². The quantitative estimate of drug-likeness (QED) is 0.309. The fourth-order valence-electron chi connectivity index (χ4n) is 4.80. The van der Waals surface area contributed by atoms with Crippen molar-refractivity contribution in [1.29, 1.82) is 0 Å². The van der Waals surface area contributed by atoms with Crippen LogP contribution < -0.4 is 4.90 Å². The molecule has 4 rings (SSSR count). The van der Waals surface area contributed by atoms with Gasteiger partial charge in [-0.25, -0.2) is 9.37 Å². The van der Waals surface area contributed by atoms with Crippen LogP contribution in [-0.4, -0.2) is 22.0 Å². The van der Waals surface area contributed by atoms with Gasteiger partial charge in [0.2, 0.25) is 5.91 Å². The van der Waals surface area contributed by atoms with Crippen molar-refractivity contribution >= 4 is 22.6 Å². The minimum atomic E-state index is -0.288. The summed E-state index contributed by atoms with van der Waals surface area (Å²) in [5.41, 5.74) is 2.90. The second kappa shape index (κ2) is 10.8. The molecule has 0 saturated carbocycles. The van der Waals surface area contributed by atoms with Crippen LogP contribution in [0.1, 0.15) is 76.5 Å². The predicted molar refractivity (Wildman–Crippen MR) is 128 cm³/mol. The molecule has 4 nitrogen and oxygen atoms in total. The van der Waals surface area contributed by atoms with Crippen molar-refractivity contribution in [3.63, 3.8) is 0 Å². The van der Waals surface area contributed by atoms with Gasteiger partial charge in [-0.1, -0.05) is 64.0 Å². The summed E-state index contributed by atoms with van der Waals surface area (Å²) in [6.07, 6.45) is 10.7. The zero-order chi connectivity index (χ0) is 22.3. The number of para-hydroxylation sites is 2. The van der Waals surface area contributed by atoms with Crippen molar-refractivity contribution < 1.29 is 9.18 Å². The summed E-state index contributed by atoms with van der Waals surface area (Å²) in [4.78, 5) is 19.5. The van der Waals surface area contributed by atoms with Crippen LogP contribution in [0.5, 0.6) is 0 Å². The number of aromatic nitrogens is 2. The van der Waals surface area contributed by atoms with E-state index in [1.165, 1.54) is 57.1 Å². The number of amides is 1. The summed E-state index contributed by atoms with van der Waals surface area (Å²) in [6, 6.07) is 14.4. The lowest BCUT2D eigenvalue weighted by atomic mass is 10.1. The Bertz CT molecular complexity index is 1030. The summed E-state index contributed by atoms with van der Waals surface area (Å²) in [6.45, 7) is 3.78. The van der Waals surface area contributed by atoms with E-state index in [1.54, 1.807) is 17.0 Å². The molecule has 1 unspecified atom stereocenters. The summed E-state index contributed by atoms with van der Waals surface area (Å²) in [5, 5.41) is 0. The number of hydrogen-bond acceptors (Lipinski definition) is 2. The zero-order valence-electron chi connectivity index (χ0n) is 19.1. The fourth-order valence-corrected chi connectivity index (χ4v) is 4.80. The summed E-state index contributed by atoms with van der Waals surface area (Å²) in [7, 11) is 0. The highest BCUT2D eigenvalue weighted by atomic mass is 19.1. The molecule has 1 aliphatic heterocycles. The number of halogens is 1. The molecule has 1 saturated heterocycles. The van der Waals surface area contributed by atoms with Gasteiger partial charge in [0.05, 0.1) is 11.0 Å². The SMILES string of the molecule is CCCCCCCCCCn1c(C2CC(=O)N(c3ccc(F)cc3)C2)nc2ccccc21. The van der Waals surface area contributed by atoms with Crippen molar-refractivity contribution in [2.45, 2.75) is 77.2 Å². The largest absolute Gasteiger partial charge is 0.328 e. The van der Waals surface area contributed by atoms with Crippen LogP contribution in [0, 0.1) is 5.82 Å². The van der Waals surface area contributed by atoms with Crippen molar-refractivity contribution in [3.05, 3.63) is 60.2 Å². The van der Waals surface area contributed by atoms with Crippen LogP contribution in [-0.2, 0) is 11.3 Å². The maximum absolute atomic E-state index is 13.3. The second-order valence-electron chi connectivity index (χ2n) is 8.97. The molecule has 1 aliphatic rings. The Morgan fingerprint density at radius 3 is 2.38 bits per heavy atom. The monoisotopic (exact) mass is 435 g/mol. The van der Waals surface area contributed by atoms with Crippen LogP contribution >= 0.6 is 0 Å². The van der Waals surface area contributed by atoms with E-state index in [2.05, 4.69) is 29.7 Å². The number of imidazole rings is 1.